The van der Waals surface area contributed by atoms with E-state index in [1.54, 1.807) is 24.3 Å². The van der Waals surface area contributed by atoms with Crippen molar-refractivity contribution < 1.29 is 151 Å². The first-order valence-corrected chi connectivity index (χ1v) is 16.9. The minimum Gasteiger partial charge on any atom is -0.759 e. The normalized spacial score (nSPS) is 11.6. The molecule has 0 saturated heterocycles. The smallest absolute Gasteiger partial charge is 0.759 e. The zero-order valence-electron chi connectivity index (χ0n) is 25.2. The van der Waals surface area contributed by atoms with Crippen LogP contribution in [0.25, 0.3) is 0 Å². The zero-order valence-corrected chi connectivity index (χ0v) is 32.4. The molecule has 0 atom stereocenters. The number of halogens is 5. The fraction of sp³-hybridized carbons (Fsp3) is 0.381. The first-order chi connectivity index (χ1) is 20.7. The topological polar surface area (TPSA) is 268 Å². The average molecular weight is 803 g/mol. The fourth-order valence-electron chi connectivity index (χ4n) is 2.08. The summed E-state index contributed by atoms with van der Waals surface area (Å²) < 4.78 is 169. The van der Waals surface area contributed by atoms with Crippen LogP contribution in [0.5, 0.6) is 0 Å². The van der Waals surface area contributed by atoms with Crippen LogP contribution in [0.15, 0.2) is 58.3 Å². The van der Waals surface area contributed by atoms with Crippen LogP contribution in [-0.2, 0) is 58.8 Å². The van der Waals surface area contributed by atoms with Gasteiger partial charge in [0.2, 0.25) is 0 Å². The van der Waals surface area contributed by atoms with Crippen LogP contribution < -0.4 is 59.1 Å². The molecular weight excluding hydrogens is 777 g/mol. The second-order valence-corrected chi connectivity index (χ2v) is 13.1. The van der Waals surface area contributed by atoms with Gasteiger partial charge in [0.05, 0.1) is 36.2 Å². The van der Waals surface area contributed by atoms with Crippen LogP contribution >= 0.6 is 0 Å². The molecule has 0 saturated carbocycles. The molecule has 0 aliphatic rings. The maximum absolute atomic E-state index is 11.6. The molecule has 2 rings (SSSR count). The van der Waals surface area contributed by atoms with E-state index in [9.17, 15) is 51.5 Å². The molecule has 0 aliphatic carbocycles. The van der Waals surface area contributed by atoms with Crippen molar-refractivity contribution in [2.45, 2.75) is 35.5 Å². The molecule has 0 fully saturated rings. The third-order valence-electron chi connectivity index (χ3n) is 4.07. The Balaban J connectivity index is -0.000000284. The van der Waals surface area contributed by atoms with Gasteiger partial charge in [-0.1, -0.05) is 39.3 Å². The van der Waals surface area contributed by atoms with E-state index < -0.39 is 71.9 Å². The number of carboxylic acid groups (broad SMARTS) is 1. The van der Waals surface area contributed by atoms with E-state index >= 15 is 0 Å². The molecule has 16 nitrogen and oxygen atoms in total. The van der Waals surface area contributed by atoms with E-state index in [2.05, 4.69) is 13.1 Å². The Morgan fingerprint density at radius 2 is 1.06 bits per heavy atom. The number of carboxylic acids is 1. The second-order valence-electron chi connectivity index (χ2n) is 7.70. The van der Waals surface area contributed by atoms with Crippen LogP contribution in [0.4, 0.5) is 21.4 Å². The van der Waals surface area contributed by atoms with Crippen molar-refractivity contribution in [3.05, 3.63) is 59.7 Å². The van der Waals surface area contributed by atoms with Crippen LogP contribution in [-0.4, -0.2) is 97.3 Å². The van der Waals surface area contributed by atoms with E-state index in [-0.39, 0.29) is 82.1 Å². The van der Waals surface area contributed by atoms with Gasteiger partial charge in [0.1, 0.15) is 0 Å². The van der Waals surface area contributed by atoms with Gasteiger partial charge >= 0.3 is 87.2 Å². The summed E-state index contributed by atoms with van der Waals surface area (Å²) in [7, 11) is -19.1. The van der Waals surface area contributed by atoms with E-state index in [4.69, 9.17) is 27.7 Å². The number of alkyl halides is 4. The molecule has 2 aromatic rings. The Labute approximate surface area is 317 Å². The predicted octanol–water partition coefficient (Wildman–Crippen LogP) is -4.73. The van der Waals surface area contributed by atoms with Gasteiger partial charge in [-0.2, -0.15) is 42.8 Å². The number of aliphatic hydroxyl groups is 1. The van der Waals surface area contributed by atoms with Gasteiger partial charge in [-0.05, 0) is 38.1 Å². The Morgan fingerprint density at radius 3 is 1.29 bits per heavy atom. The molecule has 0 heterocycles. The summed E-state index contributed by atoms with van der Waals surface area (Å²) in [5, 5.41) is 10.5. The maximum Gasteiger partial charge on any atom is 1.00 e. The molecule has 0 spiro atoms. The van der Waals surface area contributed by atoms with Gasteiger partial charge in [-0.3, -0.25) is 16.8 Å². The van der Waals surface area contributed by atoms with Crippen molar-refractivity contribution in [3.8, 4) is 0 Å². The van der Waals surface area contributed by atoms with Gasteiger partial charge in [-0.15, -0.1) is 0 Å². The summed E-state index contributed by atoms with van der Waals surface area (Å²) in [5.74, 6) is -3.03. The molecule has 266 valence electrons. The minimum absolute atomic E-state index is 0. The number of aryl methyl sites for hydroxylation is 2. The fourth-order valence-corrected chi connectivity index (χ4v) is 4.08. The van der Waals surface area contributed by atoms with Crippen molar-refractivity contribution >= 4 is 46.8 Å². The summed E-state index contributed by atoms with van der Waals surface area (Å²) in [6, 6.07) is 12.3. The second kappa shape index (κ2) is 24.3. The predicted molar refractivity (Wildman–Crippen MR) is 141 cm³/mol. The molecule has 0 aromatic heterocycles. The molecule has 0 unspecified atom stereocenters. The molecule has 0 bridgehead atoms. The van der Waals surface area contributed by atoms with Crippen LogP contribution in [0.1, 0.15) is 11.1 Å². The van der Waals surface area contributed by atoms with E-state index in [0.717, 1.165) is 11.1 Å². The molecule has 0 radical (unpaired) electrons. The average Bonchev–Trinajstić information content (AvgIpc) is 2.89. The van der Waals surface area contributed by atoms with Gasteiger partial charge in [0.25, 0.3) is 20.2 Å². The zero-order chi connectivity index (χ0) is 36.6. The summed E-state index contributed by atoms with van der Waals surface area (Å²) in [6.45, 7) is -0.704. The molecule has 2 aromatic carbocycles. The van der Waals surface area contributed by atoms with Crippen LogP contribution in [0.2, 0.25) is 0 Å². The van der Waals surface area contributed by atoms with Gasteiger partial charge in [-0.25, -0.2) is 4.79 Å². The summed E-state index contributed by atoms with van der Waals surface area (Å²) in [4.78, 5) is 9.39. The van der Waals surface area contributed by atoms with Gasteiger partial charge in [0, 0.05) is 10.4 Å². The minimum atomic E-state index is -6.33. The molecular formula is C21H25F5Na2O16S4. The summed E-state index contributed by atoms with van der Waals surface area (Å²) in [6.07, 6.45) is 0. The third kappa shape index (κ3) is 25.1. The standard InChI is InChI=1S/C10H12F2O4S.C9H12O4S.C2HF3O4S.2Na.H2O4S/c1-8-2-4-9(5-3-8)17(13,14)16-7-6-15-10(11)12;1-8-2-4-9(5-3-8)14(11,12)13-7-6-10;3-2(4,1(6)7)10(5,8)9;;;1-5(2,3)4/h2-5,10H,6-7H2,1H3;2-5,10H,6-7H2,1H3;(H,6,7);;;(H2,1,2,3,4)/q;;;2*+1;/p-2. The van der Waals surface area contributed by atoms with Crippen LogP contribution in [0, 0.1) is 13.8 Å². The molecule has 27 heteroatoms. The quantitative estimate of drug-likeness (QED) is 0.0388. The monoisotopic (exact) mass is 802 g/mol. The number of hydrogen-bond acceptors (Lipinski definition) is 15. The Hall–Kier alpha value is -0.880. The summed E-state index contributed by atoms with van der Waals surface area (Å²) in [5.41, 5.74) is 1.89. The Morgan fingerprint density at radius 1 is 0.750 bits per heavy atom. The molecule has 0 amide bonds. The number of carbonyl (C=O) groups is 1. The van der Waals surface area contributed by atoms with Gasteiger partial charge in [0.15, 0.2) is 0 Å². The molecule has 48 heavy (non-hydrogen) atoms. The van der Waals surface area contributed by atoms with Crippen molar-refractivity contribution in [1.82, 2.24) is 0 Å². The largest absolute Gasteiger partial charge is 1.00 e. The third-order valence-corrected chi connectivity index (χ3v) is 7.51. The van der Waals surface area contributed by atoms with E-state index in [1.165, 1.54) is 24.3 Å². The number of rotatable bonds is 12. The number of aliphatic hydroxyl groups excluding tert-OH is 1. The van der Waals surface area contributed by atoms with E-state index in [0.29, 0.717) is 0 Å². The van der Waals surface area contributed by atoms with Crippen LogP contribution in [0.3, 0.4) is 0 Å². The van der Waals surface area contributed by atoms with Crippen molar-refractivity contribution in [1.29, 1.82) is 0 Å². The van der Waals surface area contributed by atoms with E-state index in [1.807, 2.05) is 13.8 Å². The van der Waals surface area contributed by atoms with Crippen molar-refractivity contribution in [2.24, 2.45) is 0 Å². The summed E-state index contributed by atoms with van der Waals surface area (Å²) >= 11 is 0. The number of ether oxygens (including phenoxy) is 1. The number of aliphatic carboxylic acids is 1. The first kappa shape index (κ1) is 53.9. The molecule has 0 aliphatic heterocycles. The Kier molecular flexibility index (Phi) is 27.3. The number of hydrogen-bond donors (Lipinski definition) is 2. The van der Waals surface area contributed by atoms with Crippen molar-refractivity contribution in [3.63, 3.8) is 0 Å². The maximum atomic E-state index is 11.6. The number of benzene rings is 2. The first-order valence-electron chi connectivity index (χ1n) is 11.3. The Bertz CT molecular complexity index is 1650. The van der Waals surface area contributed by atoms with Gasteiger partial charge < -0.3 is 24.1 Å². The SMILES string of the molecule is Cc1ccc(S(=O)(=O)OCCO)cc1.Cc1ccc(S(=O)(=O)OCCOC(F)F)cc1.O=C(O)C(F)(F)S(=O)(=O)F.O=S(=O)([O-])[O-].[Na+].[Na+]. The van der Waals surface area contributed by atoms with Crippen molar-refractivity contribution in [2.75, 3.05) is 26.4 Å². The molecule has 2 N–H and O–H groups in total.